The zero-order valence-electron chi connectivity index (χ0n) is 8.18. The largest absolute Gasteiger partial charge is 0.0648 e. The highest BCUT2D eigenvalue weighted by Gasteiger charge is 2.56. The van der Waals surface area contributed by atoms with Crippen LogP contribution in [0, 0.1) is 23.2 Å². The molecule has 3 aliphatic carbocycles. The molecule has 3 aliphatic rings. The van der Waals surface area contributed by atoms with Crippen molar-refractivity contribution in [3.63, 3.8) is 0 Å². The van der Waals surface area contributed by atoms with Crippen LogP contribution in [0.15, 0.2) is 0 Å². The Bertz CT molecular complexity index is 196. The van der Waals surface area contributed by atoms with Gasteiger partial charge in [0.05, 0.1) is 0 Å². The molecule has 12 heavy (non-hydrogen) atoms. The summed E-state index contributed by atoms with van der Waals surface area (Å²) in [7, 11) is 0. The maximum Gasteiger partial charge on any atom is -0.0266 e. The van der Waals surface area contributed by atoms with Gasteiger partial charge in [-0.3, -0.25) is 0 Å². The molecule has 0 saturated heterocycles. The Morgan fingerprint density at radius 2 is 1.92 bits per heavy atom. The lowest BCUT2D eigenvalue weighted by molar-refractivity contribution is 0.327. The van der Waals surface area contributed by atoms with E-state index in [1.54, 1.807) is 38.5 Å². The fourth-order valence-electron chi connectivity index (χ4n) is 4.15. The molecule has 4 atom stereocenters. The molecule has 0 aliphatic heterocycles. The Balaban J connectivity index is 1.81. The highest BCUT2D eigenvalue weighted by Crippen LogP contribution is 2.66. The Kier molecular flexibility index (Phi) is 1.40. The molecule has 3 saturated carbocycles. The van der Waals surface area contributed by atoms with Gasteiger partial charge in [-0.1, -0.05) is 26.2 Å². The summed E-state index contributed by atoms with van der Waals surface area (Å²) < 4.78 is 0. The maximum atomic E-state index is 2.42. The molecule has 68 valence electrons. The summed E-state index contributed by atoms with van der Waals surface area (Å²) >= 11 is 0. The zero-order valence-corrected chi connectivity index (χ0v) is 8.18. The number of rotatable bonds is 1. The van der Waals surface area contributed by atoms with Gasteiger partial charge in [-0.2, -0.15) is 0 Å². The van der Waals surface area contributed by atoms with Gasteiger partial charge in [0.1, 0.15) is 0 Å². The molecule has 0 heteroatoms. The summed E-state index contributed by atoms with van der Waals surface area (Å²) in [4.78, 5) is 0. The van der Waals surface area contributed by atoms with Crippen molar-refractivity contribution in [3.05, 3.63) is 0 Å². The van der Waals surface area contributed by atoms with Gasteiger partial charge in [0.25, 0.3) is 0 Å². The number of fused-ring (bicyclic) bond motifs is 3. The van der Waals surface area contributed by atoms with E-state index in [2.05, 4.69) is 6.92 Å². The van der Waals surface area contributed by atoms with Gasteiger partial charge in [0, 0.05) is 0 Å². The van der Waals surface area contributed by atoms with Gasteiger partial charge in [-0.25, -0.2) is 0 Å². The summed E-state index contributed by atoms with van der Waals surface area (Å²) in [5, 5.41) is 0. The van der Waals surface area contributed by atoms with Gasteiger partial charge >= 0.3 is 0 Å². The van der Waals surface area contributed by atoms with E-state index in [1.807, 2.05) is 0 Å². The lowest BCUT2D eigenvalue weighted by atomic mass is 9.87. The summed E-state index contributed by atoms with van der Waals surface area (Å²) in [5.41, 5.74) is 0.875. The first kappa shape index (κ1) is 7.41. The maximum absolute atomic E-state index is 2.42. The van der Waals surface area contributed by atoms with E-state index >= 15 is 0 Å². The molecule has 2 bridgehead atoms. The van der Waals surface area contributed by atoms with Crippen LogP contribution < -0.4 is 0 Å². The van der Waals surface area contributed by atoms with Crippen molar-refractivity contribution in [2.45, 2.75) is 51.9 Å². The van der Waals surface area contributed by atoms with Crippen LogP contribution in [0.3, 0.4) is 0 Å². The van der Waals surface area contributed by atoms with Crippen LogP contribution in [0.2, 0.25) is 0 Å². The Hall–Kier alpha value is 0. The molecule has 0 nitrogen and oxygen atoms in total. The van der Waals surface area contributed by atoms with Crippen LogP contribution in [0.25, 0.3) is 0 Å². The number of hydrogen-bond donors (Lipinski definition) is 0. The molecule has 0 amide bonds. The first-order valence-corrected chi connectivity index (χ1v) is 5.82. The molecule has 0 aromatic carbocycles. The van der Waals surface area contributed by atoms with Gasteiger partial charge in [-0.15, -0.1) is 0 Å². The van der Waals surface area contributed by atoms with E-state index in [0.717, 1.165) is 23.2 Å². The summed E-state index contributed by atoms with van der Waals surface area (Å²) in [6, 6.07) is 0. The molecule has 0 aromatic rings. The van der Waals surface area contributed by atoms with E-state index in [-0.39, 0.29) is 0 Å². The fraction of sp³-hybridized carbons (Fsp3) is 1.00. The Labute approximate surface area is 75.7 Å². The van der Waals surface area contributed by atoms with Gasteiger partial charge in [0.15, 0.2) is 0 Å². The average Bonchev–Trinajstić information content (AvgIpc) is 2.50. The predicted molar refractivity (Wildman–Crippen MR) is 50.9 cm³/mol. The molecule has 3 rings (SSSR count). The van der Waals surface area contributed by atoms with Crippen LogP contribution in [0.4, 0.5) is 0 Å². The third-order valence-electron chi connectivity index (χ3n) is 5.03. The Morgan fingerprint density at radius 1 is 1.08 bits per heavy atom. The third-order valence-corrected chi connectivity index (χ3v) is 5.03. The second-order valence-corrected chi connectivity index (χ2v) is 5.60. The first-order valence-electron chi connectivity index (χ1n) is 5.82. The molecule has 0 heterocycles. The second-order valence-electron chi connectivity index (χ2n) is 5.60. The van der Waals surface area contributed by atoms with Crippen molar-refractivity contribution in [2.75, 3.05) is 0 Å². The van der Waals surface area contributed by atoms with E-state index in [4.69, 9.17) is 0 Å². The SMILES string of the molecule is CCC12CC3CCC(C3)CC1C2. The summed E-state index contributed by atoms with van der Waals surface area (Å²) in [6.07, 6.45) is 11.0. The van der Waals surface area contributed by atoms with Crippen molar-refractivity contribution in [2.24, 2.45) is 23.2 Å². The molecular weight excluding hydrogens is 144 g/mol. The van der Waals surface area contributed by atoms with Crippen molar-refractivity contribution >= 4 is 0 Å². The minimum absolute atomic E-state index is 0.875. The number of hydrogen-bond acceptors (Lipinski definition) is 0. The first-order chi connectivity index (χ1) is 5.82. The Morgan fingerprint density at radius 3 is 2.75 bits per heavy atom. The lowest BCUT2D eigenvalue weighted by Crippen LogP contribution is -2.07. The van der Waals surface area contributed by atoms with Gasteiger partial charge in [-0.05, 0) is 48.9 Å². The lowest BCUT2D eigenvalue weighted by Gasteiger charge is -2.18. The average molecular weight is 164 g/mol. The van der Waals surface area contributed by atoms with Crippen LogP contribution in [-0.4, -0.2) is 0 Å². The van der Waals surface area contributed by atoms with Crippen LogP contribution >= 0.6 is 0 Å². The molecule has 0 radical (unpaired) electrons. The quantitative estimate of drug-likeness (QED) is 0.555. The smallest absolute Gasteiger partial charge is 0.0266 e. The van der Waals surface area contributed by atoms with Crippen molar-refractivity contribution < 1.29 is 0 Å². The van der Waals surface area contributed by atoms with Gasteiger partial charge in [0.2, 0.25) is 0 Å². The topological polar surface area (TPSA) is 0 Å². The molecule has 3 fully saturated rings. The molecule has 0 aromatic heterocycles. The summed E-state index contributed by atoms with van der Waals surface area (Å²) in [6.45, 7) is 2.42. The predicted octanol–water partition coefficient (Wildman–Crippen LogP) is 3.61. The molecule has 0 N–H and O–H groups in total. The standard InChI is InChI=1S/C12H20/c1-2-12-7-10-4-3-9(5-10)6-11(12)8-12/h9-11H,2-8H2,1H3. The highest BCUT2D eigenvalue weighted by atomic mass is 14.6. The van der Waals surface area contributed by atoms with Crippen LogP contribution in [0.5, 0.6) is 0 Å². The minimum atomic E-state index is 0.875. The molecule has 4 unspecified atom stereocenters. The van der Waals surface area contributed by atoms with Crippen LogP contribution in [0.1, 0.15) is 51.9 Å². The van der Waals surface area contributed by atoms with E-state index in [0.29, 0.717) is 0 Å². The van der Waals surface area contributed by atoms with Crippen molar-refractivity contribution in [1.82, 2.24) is 0 Å². The third kappa shape index (κ3) is 0.900. The zero-order chi connectivity index (χ0) is 8.18. The molecular formula is C12H20. The normalized spacial score (nSPS) is 56.2. The highest BCUT2D eigenvalue weighted by molar-refractivity contribution is 5.06. The fourth-order valence-corrected chi connectivity index (χ4v) is 4.15. The summed E-state index contributed by atoms with van der Waals surface area (Å²) in [5.74, 6) is 3.45. The van der Waals surface area contributed by atoms with Crippen molar-refractivity contribution in [1.29, 1.82) is 0 Å². The molecule has 0 spiro atoms. The van der Waals surface area contributed by atoms with E-state index < -0.39 is 0 Å². The van der Waals surface area contributed by atoms with Crippen LogP contribution in [-0.2, 0) is 0 Å². The monoisotopic (exact) mass is 164 g/mol. The van der Waals surface area contributed by atoms with Crippen molar-refractivity contribution in [3.8, 4) is 0 Å². The minimum Gasteiger partial charge on any atom is -0.0648 e. The van der Waals surface area contributed by atoms with E-state index in [9.17, 15) is 0 Å². The second kappa shape index (κ2) is 2.27. The van der Waals surface area contributed by atoms with Gasteiger partial charge < -0.3 is 0 Å². The van der Waals surface area contributed by atoms with E-state index in [1.165, 1.54) is 6.42 Å².